The smallest absolute Gasteiger partial charge is 0.274 e. The van der Waals surface area contributed by atoms with Crippen LogP contribution in [-0.4, -0.2) is 30.3 Å². The van der Waals surface area contributed by atoms with Crippen molar-refractivity contribution in [2.75, 3.05) is 13.2 Å². The van der Waals surface area contributed by atoms with E-state index in [4.69, 9.17) is 21.1 Å². The summed E-state index contributed by atoms with van der Waals surface area (Å²) in [6.45, 7) is 6.41. The maximum atomic E-state index is 12.1. The number of carbonyl (C=O) groups is 1. The van der Waals surface area contributed by atoms with Crippen molar-refractivity contribution in [1.82, 2.24) is 10.4 Å². The second-order valence-corrected chi connectivity index (χ2v) is 6.42. The molecule has 0 radical (unpaired) electrons. The first kappa shape index (κ1) is 20.2. The van der Waals surface area contributed by atoms with E-state index in [2.05, 4.69) is 44.7 Å². The number of ether oxygens (including phenoxy) is 2. The van der Waals surface area contributed by atoms with Crippen LogP contribution in [0.3, 0.4) is 0 Å². The Morgan fingerprint density at radius 1 is 1.46 bits per heavy atom. The molecule has 1 amide bonds. The zero-order chi connectivity index (χ0) is 18.9. The van der Waals surface area contributed by atoms with Gasteiger partial charge in [0.05, 0.1) is 22.0 Å². The van der Waals surface area contributed by atoms with E-state index < -0.39 is 5.91 Å². The molecule has 2 rings (SSSR count). The second kappa shape index (κ2) is 10.1. The molecule has 6 nitrogen and oxygen atoms in total. The molecule has 1 N–H and O–H groups in total. The van der Waals surface area contributed by atoms with Gasteiger partial charge in [0.25, 0.3) is 5.91 Å². The van der Waals surface area contributed by atoms with E-state index in [1.54, 1.807) is 24.3 Å². The van der Waals surface area contributed by atoms with Gasteiger partial charge in [-0.2, -0.15) is 5.10 Å². The van der Waals surface area contributed by atoms with Gasteiger partial charge in [0, 0.05) is 6.20 Å². The first-order valence-corrected chi connectivity index (χ1v) is 9.16. The fourth-order valence-electron chi connectivity index (χ4n) is 1.99. The maximum absolute atomic E-state index is 12.1. The van der Waals surface area contributed by atoms with Gasteiger partial charge >= 0.3 is 0 Å². The SMILES string of the molecule is C=CCOc1c(I)cc(C=NNC(=O)c2cccnc2Cl)cc1OCC. The van der Waals surface area contributed by atoms with Crippen LogP contribution in [0, 0.1) is 3.57 Å². The molecule has 2 aromatic rings. The number of hydrogen-bond donors (Lipinski definition) is 1. The molecular formula is C18H17ClIN3O3. The summed E-state index contributed by atoms with van der Waals surface area (Å²) in [5.41, 5.74) is 3.43. The van der Waals surface area contributed by atoms with Crippen molar-refractivity contribution in [3.8, 4) is 11.5 Å². The number of carbonyl (C=O) groups excluding carboxylic acids is 1. The average molecular weight is 486 g/mol. The first-order chi connectivity index (χ1) is 12.6. The summed E-state index contributed by atoms with van der Waals surface area (Å²) in [5, 5.41) is 4.09. The fourth-order valence-corrected chi connectivity index (χ4v) is 2.98. The molecule has 0 unspecified atom stereocenters. The van der Waals surface area contributed by atoms with Crippen LogP contribution >= 0.6 is 34.2 Å². The highest BCUT2D eigenvalue weighted by Gasteiger charge is 2.12. The van der Waals surface area contributed by atoms with Crippen molar-refractivity contribution in [3.63, 3.8) is 0 Å². The van der Waals surface area contributed by atoms with Crippen molar-refractivity contribution in [3.05, 3.63) is 63.0 Å². The van der Waals surface area contributed by atoms with Crippen molar-refractivity contribution >= 4 is 46.3 Å². The van der Waals surface area contributed by atoms with Crippen molar-refractivity contribution in [2.24, 2.45) is 5.10 Å². The van der Waals surface area contributed by atoms with E-state index in [0.29, 0.717) is 24.7 Å². The van der Waals surface area contributed by atoms with Crippen LogP contribution in [0.15, 0.2) is 48.2 Å². The Morgan fingerprint density at radius 2 is 2.27 bits per heavy atom. The summed E-state index contributed by atoms with van der Waals surface area (Å²) in [7, 11) is 0. The fraction of sp³-hybridized carbons (Fsp3) is 0.167. The number of benzene rings is 1. The van der Waals surface area contributed by atoms with Crippen LogP contribution in [-0.2, 0) is 0 Å². The minimum atomic E-state index is -0.440. The molecule has 0 aliphatic rings. The number of hydrazone groups is 1. The number of pyridine rings is 1. The van der Waals surface area contributed by atoms with E-state index >= 15 is 0 Å². The Bertz CT molecular complexity index is 827. The van der Waals surface area contributed by atoms with E-state index in [-0.39, 0.29) is 10.7 Å². The zero-order valence-corrected chi connectivity index (χ0v) is 17.0. The Labute approximate surface area is 170 Å². The number of rotatable bonds is 8. The molecule has 0 fully saturated rings. The van der Waals surface area contributed by atoms with Crippen molar-refractivity contribution in [1.29, 1.82) is 0 Å². The van der Waals surface area contributed by atoms with Crippen LogP contribution < -0.4 is 14.9 Å². The molecule has 0 bridgehead atoms. The Balaban J connectivity index is 2.15. The third-order valence-electron chi connectivity index (χ3n) is 3.06. The lowest BCUT2D eigenvalue weighted by Gasteiger charge is -2.13. The van der Waals surface area contributed by atoms with Crippen molar-refractivity contribution in [2.45, 2.75) is 6.92 Å². The molecule has 0 atom stereocenters. The summed E-state index contributed by atoms with van der Waals surface area (Å²) in [6.07, 6.45) is 4.69. The van der Waals surface area contributed by atoms with Gasteiger partial charge in [0.2, 0.25) is 0 Å². The molecule has 0 spiro atoms. The number of amides is 1. The van der Waals surface area contributed by atoms with Crippen molar-refractivity contribution < 1.29 is 14.3 Å². The molecule has 8 heteroatoms. The third-order valence-corrected chi connectivity index (χ3v) is 4.16. The molecule has 136 valence electrons. The van der Waals surface area contributed by atoms with E-state index in [1.165, 1.54) is 12.4 Å². The zero-order valence-electron chi connectivity index (χ0n) is 14.0. The van der Waals surface area contributed by atoms with Gasteiger partial charge in [0.15, 0.2) is 11.5 Å². The van der Waals surface area contributed by atoms with Crippen LogP contribution in [0.25, 0.3) is 0 Å². The van der Waals surface area contributed by atoms with Gasteiger partial charge in [-0.25, -0.2) is 10.4 Å². The van der Waals surface area contributed by atoms with Gasteiger partial charge in [-0.3, -0.25) is 4.79 Å². The number of halogens is 2. The monoisotopic (exact) mass is 485 g/mol. The molecule has 26 heavy (non-hydrogen) atoms. The van der Waals surface area contributed by atoms with Gasteiger partial charge < -0.3 is 9.47 Å². The Morgan fingerprint density at radius 3 is 2.96 bits per heavy atom. The number of hydrogen-bond acceptors (Lipinski definition) is 5. The first-order valence-electron chi connectivity index (χ1n) is 7.70. The number of nitrogens with zero attached hydrogens (tertiary/aromatic N) is 2. The molecule has 0 saturated heterocycles. The van der Waals surface area contributed by atoms with Gasteiger partial charge in [-0.05, 0) is 59.3 Å². The van der Waals surface area contributed by atoms with Crippen LogP contribution in [0.5, 0.6) is 11.5 Å². The van der Waals surface area contributed by atoms with Gasteiger partial charge in [0.1, 0.15) is 11.8 Å². The highest BCUT2D eigenvalue weighted by molar-refractivity contribution is 14.1. The Kier molecular flexibility index (Phi) is 7.86. The van der Waals surface area contributed by atoms with Crippen LogP contribution in [0.1, 0.15) is 22.8 Å². The quantitative estimate of drug-likeness (QED) is 0.201. The van der Waals surface area contributed by atoms with Crippen LogP contribution in [0.4, 0.5) is 0 Å². The molecule has 1 heterocycles. The summed E-state index contributed by atoms with van der Waals surface area (Å²) < 4.78 is 12.1. The average Bonchev–Trinajstić information content (AvgIpc) is 2.61. The highest BCUT2D eigenvalue weighted by atomic mass is 127. The minimum absolute atomic E-state index is 0.122. The molecule has 1 aromatic carbocycles. The Hall–Kier alpha value is -2.13. The van der Waals surface area contributed by atoms with E-state index in [9.17, 15) is 4.79 Å². The van der Waals surface area contributed by atoms with Crippen LogP contribution in [0.2, 0.25) is 5.15 Å². The molecule has 0 aliphatic heterocycles. The topological polar surface area (TPSA) is 72.8 Å². The third kappa shape index (κ3) is 5.43. The maximum Gasteiger partial charge on any atom is 0.274 e. The molecule has 1 aromatic heterocycles. The highest BCUT2D eigenvalue weighted by Crippen LogP contribution is 2.33. The normalized spacial score (nSPS) is 10.6. The van der Waals surface area contributed by atoms with E-state index in [0.717, 1.165) is 9.13 Å². The summed E-state index contributed by atoms with van der Waals surface area (Å²) >= 11 is 8.04. The number of aromatic nitrogens is 1. The lowest BCUT2D eigenvalue weighted by Crippen LogP contribution is -2.18. The second-order valence-electron chi connectivity index (χ2n) is 4.90. The summed E-state index contributed by atoms with van der Waals surface area (Å²) in [5.74, 6) is 0.810. The van der Waals surface area contributed by atoms with E-state index in [1.807, 2.05) is 13.0 Å². The molecule has 0 aliphatic carbocycles. The number of nitrogens with one attached hydrogen (secondary N) is 1. The predicted molar refractivity (Wildman–Crippen MR) is 110 cm³/mol. The standard InChI is InChI=1S/C18H17ClIN3O3/c1-3-8-26-16-14(20)9-12(10-15(16)25-4-2)11-22-23-18(24)13-6-5-7-21-17(13)19/h3,5-7,9-11H,1,4,8H2,2H3,(H,23,24). The minimum Gasteiger partial charge on any atom is -0.490 e. The predicted octanol–water partition coefficient (Wildman–Crippen LogP) is 4.07. The summed E-state index contributed by atoms with van der Waals surface area (Å²) in [4.78, 5) is 15.9. The lowest BCUT2D eigenvalue weighted by atomic mass is 10.2. The molecular weight excluding hydrogens is 469 g/mol. The molecule has 0 saturated carbocycles. The summed E-state index contributed by atoms with van der Waals surface area (Å²) in [6, 6.07) is 6.86. The lowest BCUT2D eigenvalue weighted by molar-refractivity contribution is 0.0955. The largest absolute Gasteiger partial charge is 0.490 e. The van der Waals surface area contributed by atoms with Gasteiger partial charge in [-0.15, -0.1) is 0 Å². The van der Waals surface area contributed by atoms with Gasteiger partial charge in [-0.1, -0.05) is 24.3 Å².